The summed E-state index contributed by atoms with van der Waals surface area (Å²) < 4.78 is 27.0. The zero-order valence-electron chi connectivity index (χ0n) is 12.2. The van der Waals surface area contributed by atoms with Crippen molar-refractivity contribution in [3.63, 3.8) is 0 Å². The lowest BCUT2D eigenvalue weighted by Crippen LogP contribution is -2.58. The number of piperazine rings is 1. The molecular formula is C12H22N4O2S. The highest BCUT2D eigenvalue weighted by atomic mass is 32.2. The molecule has 2 heterocycles. The summed E-state index contributed by atoms with van der Waals surface area (Å²) in [6.45, 7) is 9.34. The molecule has 0 aromatic carbocycles. The second-order valence-electron chi connectivity index (χ2n) is 5.84. The topological polar surface area (TPSA) is 69.3 Å². The van der Waals surface area contributed by atoms with Gasteiger partial charge in [0, 0.05) is 25.2 Å². The molecule has 0 amide bonds. The number of hydrogen-bond acceptors (Lipinski definition) is 4. The number of likely N-dealkylation sites (N-methyl/N-ethyl adjacent to an activating group) is 1. The molecular weight excluding hydrogens is 264 g/mol. The summed E-state index contributed by atoms with van der Waals surface area (Å²) in [6.07, 6.45) is 0. The van der Waals surface area contributed by atoms with Gasteiger partial charge in [0.05, 0.1) is 11.4 Å². The Morgan fingerprint density at radius 1 is 1.26 bits per heavy atom. The number of aromatic nitrogens is 2. The third kappa shape index (κ3) is 2.42. The molecule has 1 aromatic rings. The average Bonchev–Trinajstić information content (AvgIpc) is 2.62. The Morgan fingerprint density at radius 2 is 1.89 bits per heavy atom. The summed E-state index contributed by atoms with van der Waals surface area (Å²) in [5, 5.41) is 6.73. The van der Waals surface area contributed by atoms with Crippen molar-refractivity contribution in [3.05, 3.63) is 11.4 Å². The van der Waals surface area contributed by atoms with Gasteiger partial charge in [0.1, 0.15) is 4.90 Å². The minimum atomic E-state index is -3.46. The van der Waals surface area contributed by atoms with E-state index < -0.39 is 10.0 Å². The average molecular weight is 286 g/mol. The third-order valence-electron chi connectivity index (χ3n) is 3.94. The van der Waals surface area contributed by atoms with Gasteiger partial charge in [-0.15, -0.1) is 0 Å². The number of aromatic amines is 1. The predicted octanol–water partition coefficient (Wildman–Crippen LogP) is 0.741. The zero-order valence-corrected chi connectivity index (χ0v) is 13.0. The molecule has 1 aliphatic rings. The fourth-order valence-electron chi connectivity index (χ4n) is 2.45. The maximum Gasteiger partial charge on any atom is 0.246 e. The van der Waals surface area contributed by atoms with Crippen molar-refractivity contribution in [2.75, 3.05) is 26.7 Å². The van der Waals surface area contributed by atoms with Gasteiger partial charge in [-0.25, -0.2) is 8.42 Å². The van der Waals surface area contributed by atoms with Gasteiger partial charge in [0.15, 0.2) is 0 Å². The Hall–Kier alpha value is -0.920. The maximum atomic E-state index is 12.7. The number of nitrogens with zero attached hydrogens (tertiary/aromatic N) is 3. The Balaban J connectivity index is 2.37. The van der Waals surface area contributed by atoms with E-state index in [4.69, 9.17) is 0 Å². The van der Waals surface area contributed by atoms with Crippen LogP contribution in [0.15, 0.2) is 4.90 Å². The van der Waals surface area contributed by atoms with E-state index >= 15 is 0 Å². The van der Waals surface area contributed by atoms with Crippen LogP contribution in [0.3, 0.4) is 0 Å². The first kappa shape index (κ1) is 14.5. The van der Waals surface area contributed by atoms with Gasteiger partial charge >= 0.3 is 0 Å². The van der Waals surface area contributed by atoms with Crippen LogP contribution in [0.1, 0.15) is 25.2 Å². The van der Waals surface area contributed by atoms with Crippen LogP contribution in [0.25, 0.3) is 0 Å². The first-order valence-electron chi connectivity index (χ1n) is 6.39. The van der Waals surface area contributed by atoms with Crippen molar-refractivity contribution in [1.29, 1.82) is 0 Å². The fraction of sp³-hybridized carbons (Fsp3) is 0.750. The highest BCUT2D eigenvalue weighted by Crippen LogP contribution is 2.27. The molecule has 7 heteroatoms. The van der Waals surface area contributed by atoms with Crippen LogP contribution < -0.4 is 0 Å². The Labute approximate surface area is 114 Å². The van der Waals surface area contributed by atoms with Crippen molar-refractivity contribution >= 4 is 10.0 Å². The smallest absolute Gasteiger partial charge is 0.246 e. The molecule has 19 heavy (non-hydrogen) atoms. The Bertz CT molecular complexity index is 557. The van der Waals surface area contributed by atoms with E-state index in [1.165, 1.54) is 0 Å². The molecule has 0 bridgehead atoms. The van der Waals surface area contributed by atoms with Gasteiger partial charge in [-0.2, -0.15) is 9.40 Å². The lowest BCUT2D eigenvalue weighted by molar-refractivity contribution is 0.0801. The van der Waals surface area contributed by atoms with Crippen LogP contribution >= 0.6 is 0 Å². The summed E-state index contributed by atoms with van der Waals surface area (Å²) in [5.41, 5.74) is 0.986. The molecule has 0 saturated carbocycles. The van der Waals surface area contributed by atoms with Crippen LogP contribution in [-0.4, -0.2) is 60.0 Å². The van der Waals surface area contributed by atoms with E-state index in [9.17, 15) is 8.42 Å². The third-order valence-corrected chi connectivity index (χ3v) is 6.05. The number of nitrogens with one attached hydrogen (secondary N) is 1. The van der Waals surface area contributed by atoms with Crippen molar-refractivity contribution in [2.45, 2.75) is 38.1 Å². The largest absolute Gasteiger partial charge is 0.299 e. The molecule has 1 N–H and O–H groups in total. The van der Waals surface area contributed by atoms with Crippen LogP contribution in [-0.2, 0) is 10.0 Å². The van der Waals surface area contributed by atoms with Gasteiger partial charge in [-0.1, -0.05) is 0 Å². The Morgan fingerprint density at radius 3 is 2.37 bits per heavy atom. The number of H-pyrrole nitrogens is 1. The first-order chi connectivity index (χ1) is 8.66. The number of rotatable bonds is 2. The maximum absolute atomic E-state index is 12.7. The molecule has 0 aliphatic carbocycles. The minimum absolute atomic E-state index is 0.156. The van der Waals surface area contributed by atoms with Gasteiger partial charge in [0.2, 0.25) is 10.0 Å². The van der Waals surface area contributed by atoms with E-state index in [-0.39, 0.29) is 5.54 Å². The summed E-state index contributed by atoms with van der Waals surface area (Å²) >= 11 is 0. The van der Waals surface area contributed by atoms with Crippen molar-refractivity contribution in [2.24, 2.45) is 0 Å². The molecule has 1 fully saturated rings. The van der Waals surface area contributed by atoms with Gasteiger partial charge < -0.3 is 0 Å². The summed E-state index contributed by atoms with van der Waals surface area (Å²) in [4.78, 5) is 2.52. The predicted molar refractivity (Wildman–Crippen MR) is 73.5 cm³/mol. The van der Waals surface area contributed by atoms with E-state index in [1.54, 1.807) is 18.2 Å². The summed E-state index contributed by atoms with van der Waals surface area (Å²) in [7, 11) is -1.44. The van der Waals surface area contributed by atoms with Crippen LogP contribution in [0.5, 0.6) is 0 Å². The summed E-state index contributed by atoms with van der Waals surface area (Å²) in [5.74, 6) is 0. The van der Waals surface area contributed by atoms with Gasteiger partial charge in [-0.05, 0) is 34.7 Å². The SMILES string of the molecule is Cc1n[nH]c(C)c1S(=O)(=O)N1CCN(C)C(C)(C)C1. The number of aryl methyl sites for hydroxylation is 2. The van der Waals surface area contributed by atoms with Gasteiger partial charge in [0.25, 0.3) is 0 Å². The van der Waals surface area contributed by atoms with E-state index in [0.29, 0.717) is 29.4 Å². The Kier molecular flexibility index (Phi) is 3.49. The van der Waals surface area contributed by atoms with E-state index in [2.05, 4.69) is 28.9 Å². The van der Waals surface area contributed by atoms with Gasteiger partial charge in [-0.3, -0.25) is 10.00 Å². The molecule has 2 rings (SSSR count). The van der Waals surface area contributed by atoms with E-state index in [1.807, 2.05) is 7.05 Å². The van der Waals surface area contributed by atoms with Crippen molar-refractivity contribution < 1.29 is 8.42 Å². The molecule has 6 nitrogen and oxygen atoms in total. The summed E-state index contributed by atoms with van der Waals surface area (Å²) in [6, 6.07) is 0. The second-order valence-corrected chi connectivity index (χ2v) is 7.71. The fourth-order valence-corrected chi connectivity index (χ4v) is 4.37. The second kappa shape index (κ2) is 4.57. The molecule has 0 radical (unpaired) electrons. The lowest BCUT2D eigenvalue weighted by Gasteiger charge is -2.44. The lowest BCUT2D eigenvalue weighted by atomic mass is 10.0. The number of hydrogen-bond donors (Lipinski definition) is 1. The van der Waals surface area contributed by atoms with Crippen LogP contribution in [0.4, 0.5) is 0 Å². The van der Waals surface area contributed by atoms with Crippen LogP contribution in [0.2, 0.25) is 0 Å². The highest BCUT2D eigenvalue weighted by molar-refractivity contribution is 7.89. The van der Waals surface area contributed by atoms with Crippen LogP contribution in [0, 0.1) is 13.8 Å². The molecule has 0 atom stereocenters. The molecule has 1 saturated heterocycles. The monoisotopic (exact) mass is 286 g/mol. The molecule has 1 aromatic heterocycles. The molecule has 0 spiro atoms. The van der Waals surface area contributed by atoms with Crippen molar-refractivity contribution in [3.8, 4) is 0 Å². The standard InChI is InChI=1S/C12H22N4O2S/c1-9-11(10(2)14-13-9)19(17,18)16-7-6-15(5)12(3,4)8-16/h6-8H2,1-5H3,(H,13,14). The number of sulfonamides is 1. The zero-order chi connectivity index (χ0) is 14.4. The first-order valence-corrected chi connectivity index (χ1v) is 7.83. The van der Waals surface area contributed by atoms with E-state index in [0.717, 1.165) is 6.54 Å². The normalized spacial score (nSPS) is 21.7. The molecule has 108 valence electrons. The minimum Gasteiger partial charge on any atom is -0.299 e. The molecule has 0 unspecified atom stereocenters. The quantitative estimate of drug-likeness (QED) is 0.870. The highest BCUT2D eigenvalue weighted by Gasteiger charge is 2.38. The van der Waals surface area contributed by atoms with Crippen molar-refractivity contribution in [1.82, 2.24) is 19.4 Å². The molecule has 1 aliphatic heterocycles.